The van der Waals surface area contributed by atoms with Gasteiger partial charge in [-0.25, -0.2) is 0 Å². The standard InChI is InChI=1S/C34H52N8O4/c1-24-7-9-25(10-8-24)21-29(38-31(43)14-16-41-19-17-40(2)18-20-41)32(44)39-28-6-4-3-5-27-11-12-30(42(27)34(28)46)33(45)35-15-13-26-22-36-37-23-26/h7-10,22-23,27-30,33,35,45H,3-6,11-21H2,1-2H3,(H,36,37)(H,38,43)(H,39,44). The second kappa shape index (κ2) is 16.5. The number of nitrogens with one attached hydrogen (secondary N) is 4. The fourth-order valence-electron chi connectivity index (χ4n) is 6.97. The molecule has 12 nitrogen and oxygen atoms in total. The molecule has 3 aliphatic rings. The molecule has 3 saturated heterocycles. The Hall–Kier alpha value is -3.32. The molecular weight excluding hydrogens is 584 g/mol. The highest BCUT2D eigenvalue weighted by atomic mass is 16.3. The number of hydrogen-bond acceptors (Lipinski definition) is 8. The number of carbonyl (C=O) groups is 3. The smallest absolute Gasteiger partial charge is 0.245 e. The van der Waals surface area contributed by atoms with E-state index in [1.54, 1.807) is 6.20 Å². The minimum atomic E-state index is -0.870. The Kier molecular flexibility index (Phi) is 12.2. The van der Waals surface area contributed by atoms with Crippen LogP contribution >= 0.6 is 0 Å². The Morgan fingerprint density at radius 3 is 2.54 bits per heavy atom. The zero-order valence-electron chi connectivity index (χ0n) is 27.4. The van der Waals surface area contributed by atoms with Crippen LogP contribution in [0, 0.1) is 6.92 Å². The number of benzene rings is 1. The predicted octanol–water partition coefficient (Wildman–Crippen LogP) is 0.952. The van der Waals surface area contributed by atoms with Crippen molar-refractivity contribution >= 4 is 17.7 Å². The van der Waals surface area contributed by atoms with Crippen molar-refractivity contribution < 1.29 is 19.5 Å². The van der Waals surface area contributed by atoms with Gasteiger partial charge in [-0.15, -0.1) is 0 Å². The molecule has 1 aromatic carbocycles. The Morgan fingerprint density at radius 2 is 1.80 bits per heavy atom. The van der Waals surface area contributed by atoms with Gasteiger partial charge in [0.15, 0.2) is 0 Å². The minimum absolute atomic E-state index is 0.0418. The van der Waals surface area contributed by atoms with Crippen LogP contribution < -0.4 is 16.0 Å². The highest BCUT2D eigenvalue weighted by Gasteiger charge is 2.43. The number of rotatable bonds is 13. The average Bonchev–Trinajstić information content (AvgIpc) is 3.72. The summed E-state index contributed by atoms with van der Waals surface area (Å²) >= 11 is 0. The van der Waals surface area contributed by atoms with Crippen LogP contribution in [0.25, 0.3) is 0 Å². The summed E-state index contributed by atoms with van der Waals surface area (Å²) in [6, 6.07) is 6.12. The van der Waals surface area contributed by atoms with E-state index in [-0.39, 0.29) is 29.8 Å². The number of aromatic amines is 1. The van der Waals surface area contributed by atoms with E-state index in [1.165, 1.54) is 0 Å². The van der Waals surface area contributed by atoms with Crippen LogP contribution in [0.15, 0.2) is 36.7 Å². The SMILES string of the molecule is Cc1ccc(CC(NC(=O)CCN2CCN(C)CC2)C(=O)NC2CCCCC3CCC(C(O)NCCc4cn[nH]c4)N3C2=O)cc1. The average molecular weight is 637 g/mol. The zero-order valence-corrected chi connectivity index (χ0v) is 27.4. The largest absolute Gasteiger partial charge is 0.376 e. The first-order valence-electron chi connectivity index (χ1n) is 17.0. The first-order valence-corrected chi connectivity index (χ1v) is 17.0. The van der Waals surface area contributed by atoms with Gasteiger partial charge >= 0.3 is 0 Å². The molecule has 0 aliphatic carbocycles. The third-order valence-corrected chi connectivity index (χ3v) is 9.85. The molecule has 3 fully saturated rings. The van der Waals surface area contributed by atoms with E-state index in [0.717, 1.165) is 68.6 Å². The minimum Gasteiger partial charge on any atom is -0.376 e. The molecule has 0 bridgehead atoms. The van der Waals surface area contributed by atoms with Gasteiger partial charge in [0.05, 0.1) is 12.2 Å². The Bertz CT molecular complexity index is 1260. The summed E-state index contributed by atoms with van der Waals surface area (Å²) in [5.41, 5.74) is 3.10. The van der Waals surface area contributed by atoms with Crippen molar-refractivity contribution in [1.82, 2.24) is 40.8 Å². The molecule has 0 saturated carbocycles. The lowest BCUT2D eigenvalue weighted by Gasteiger charge is -2.38. The summed E-state index contributed by atoms with van der Waals surface area (Å²) in [7, 11) is 2.10. The normalized spacial score (nSPS) is 24.1. The van der Waals surface area contributed by atoms with E-state index in [4.69, 9.17) is 0 Å². The maximum absolute atomic E-state index is 14.1. The molecule has 2 aromatic rings. The number of H-pyrrole nitrogens is 1. The topological polar surface area (TPSA) is 146 Å². The van der Waals surface area contributed by atoms with Crippen molar-refractivity contribution in [3.63, 3.8) is 0 Å². The molecule has 5 N–H and O–H groups in total. The van der Waals surface area contributed by atoms with E-state index < -0.39 is 18.3 Å². The number of carbonyl (C=O) groups excluding carboxylic acids is 3. The first kappa shape index (κ1) is 34.0. The summed E-state index contributed by atoms with van der Waals surface area (Å²) in [5.74, 6) is -0.662. The maximum Gasteiger partial charge on any atom is 0.245 e. The molecule has 5 unspecified atom stereocenters. The number of aromatic nitrogens is 2. The Morgan fingerprint density at radius 1 is 1.04 bits per heavy atom. The third-order valence-electron chi connectivity index (χ3n) is 9.85. The Labute approximate surface area is 272 Å². The molecule has 5 atom stereocenters. The van der Waals surface area contributed by atoms with Crippen LogP contribution in [0.4, 0.5) is 0 Å². The molecule has 46 heavy (non-hydrogen) atoms. The monoisotopic (exact) mass is 636 g/mol. The summed E-state index contributed by atoms with van der Waals surface area (Å²) in [5, 5.41) is 27.1. The van der Waals surface area contributed by atoms with Crippen LogP contribution in [0.2, 0.25) is 0 Å². The van der Waals surface area contributed by atoms with E-state index in [9.17, 15) is 19.5 Å². The van der Waals surface area contributed by atoms with Crippen molar-refractivity contribution in [1.29, 1.82) is 0 Å². The fourth-order valence-corrected chi connectivity index (χ4v) is 6.97. The lowest BCUT2D eigenvalue weighted by atomic mass is 9.98. The van der Waals surface area contributed by atoms with Gasteiger partial charge in [0.1, 0.15) is 18.3 Å². The number of likely N-dealkylation sites (N-methyl/N-ethyl adjacent to an activating group) is 1. The van der Waals surface area contributed by atoms with Gasteiger partial charge in [-0.2, -0.15) is 5.10 Å². The lowest BCUT2D eigenvalue weighted by molar-refractivity contribution is -0.143. The first-order chi connectivity index (χ1) is 22.3. The van der Waals surface area contributed by atoms with Crippen LogP contribution in [-0.4, -0.2) is 124 Å². The van der Waals surface area contributed by atoms with Gasteiger partial charge in [-0.05, 0) is 57.2 Å². The Balaban J connectivity index is 1.23. The van der Waals surface area contributed by atoms with Crippen molar-refractivity contribution in [2.24, 2.45) is 0 Å². The molecule has 3 amide bonds. The molecule has 252 valence electrons. The zero-order chi connectivity index (χ0) is 32.5. The highest BCUT2D eigenvalue weighted by molar-refractivity contribution is 5.92. The van der Waals surface area contributed by atoms with Crippen LogP contribution in [0.1, 0.15) is 61.6 Å². The number of fused-ring (bicyclic) bond motifs is 1. The van der Waals surface area contributed by atoms with Crippen LogP contribution in [-0.2, 0) is 27.2 Å². The van der Waals surface area contributed by atoms with Crippen molar-refractivity contribution in [3.05, 3.63) is 53.3 Å². The fraction of sp³-hybridized carbons (Fsp3) is 0.647. The van der Waals surface area contributed by atoms with Gasteiger partial charge in [0, 0.05) is 64.3 Å². The molecule has 5 rings (SSSR count). The van der Waals surface area contributed by atoms with Gasteiger partial charge in [0.25, 0.3) is 0 Å². The predicted molar refractivity (Wildman–Crippen MR) is 176 cm³/mol. The maximum atomic E-state index is 14.1. The van der Waals surface area contributed by atoms with Crippen molar-refractivity contribution in [3.8, 4) is 0 Å². The van der Waals surface area contributed by atoms with E-state index >= 15 is 0 Å². The van der Waals surface area contributed by atoms with Crippen LogP contribution in [0.5, 0.6) is 0 Å². The number of aliphatic hydroxyl groups is 1. The lowest BCUT2D eigenvalue weighted by Crippen LogP contribution is -2.59. The summed E-state index contributed by atoms with van der Waals surface area (Å²) in [4.78, 5) is 47.5. The molecular formula is C34H52N8O4. The highest BCUT2D eigenvalue weighted by Crippen LogP contribution is 2.32. The number of nitrogens with zero attached hydrogens (tertiary/aromatic N) is 4. The number of amides is 3. The molecule has 3 aliphatic heterocycles. The van der Waals surface area contributed by atoms with Crippen molar-refractivity contribution in [2.45, 2.75) is 95.1 Å². The van der Waals surface area contributed by atoms with Gasteiger partial charge in [0.2, 0.25) is 17.7 Å². The number of hydrogen-bond donors (Lipinski definition) is 5. The van der Waals surface area contributed by atoms with E-state index in [1.807, 2.05) is 42.3 Å². The molecule has 0 spiro atoms. The number of aliphatic hydroxyl groups excluding tert-OH is 1. The van der Waals surface area contributed by atoms with Gasteiger partial charge < -0.3 is 30.4 Å². The summed E-state index contributed by atoms with van der Waals surface area (Å²) in [6.07, 6.45) is 8.81. The summed E-state index contributed by atoms with van der Waals surface area (Å²) in [6.45, 7) is 7.02. The molecule has 4 heterocycles. The summed E-state index contributed by atoms with van der Waals surface area (Å²) < 4.78 is 0. The van der Waals surface area contributed by atoms with Gasteiger partial charge in [-0.3, -0.25) is 24.8 Å². The van der Waals surface area contributed by atoms with E-state index in [2.05, 4.69) is 43.0 Å². The quantitative estimate of drug-likeness (QED) is 0.205. The number of piperazine rings is 1. The van der Waals surface area contributed by atoms with Gasteiger partial charge in [-0.1, -0.05) is 42.7 Å². The molecule has 0 radical (unpaired) electrons. The second-order valence-electron chi connectivity index (χ2n) is 13.3. The van der Waals surface area contributed by atoms with E-state index in [0.29, 0.717) is 45.2 Å². The van der Waals surface area contributed by atoms with Crippen LogP contribution in [0.3, 0.4) is 0 Å². The second-order valence-corrected chi connectivity index (χ2v) is 13.3. The molecule has 12 heteroatoms. The number of aryl methyl sites for hydroxylation is 1. The molecule has 1 aromatic heterocycles. The van der Waals surface area contributed by atoms with Crippen molar-refractivity contribution in [2.75, 3.05) is 46.3 Å². The third kappa shape index (κ3) is 9.37.